The lowest BCUT2D eigenvalue weighted by atomic mass is 10.1. The Bertz CT molecular complexity index is 444. The summed E-state index contributed by atoms with van der Waals surface area (Å²) >= 11 is 0. The summed E-state index contributed by atoms with van der Waals surface area (Å²) in [5.41, 5.74) is 1.00. The largest absolute Gasteiger partial charge is 0.478 e. The van der Waals surface area contributed by atoms with Crippen LogP contribution in [-0.4, -0.2) is 35.8 Å². The Morgan fingerprint density at radius 1 is 1.58 bits per heavy atom. The molecule has 0 atom stereocenters. The van der Waals surface area contributed by atoms with Crippen molar-refractivity contribution in [2.75, 3.05) is 25.1 Å². The predicted octanol–water partition coefficient (Wildman–Crippen LogP) is 2.52. The summed E-state index contributed by atoms with van der Waals surface area (Å²) in [6.45, 7) is 9.10. The highest BCUT2D eigenvalue weighted by Gasteiger charge is 2.10. The molecule has 0 spiro atoms. The number of aromatic carboxylic acids is 1. The molecule has 0 aromatic carbocycles. The summed E-state index contributed by atoms with van der Waals surface area (Å²) in [4.78, 5) is 15.4. The van der Waals surface area contributed by atoms with Crippen molar-refractivity contribution in [1.29, 1.82) is 0 Å². The summed E-state index contributed by atoms with van der Waals surface area (Å²) in [5.74, 6) is -0.210. The van der Waals surface area contributed by atoms with Gasteiger partial charge in [0.1, 0.15) is 5.82 Å². The van der Waals surface area contributed by atoms with Crippen molar-refractivity contribution in [3.63, 3.8) is 0 Å². The van der Waals surface area contributed by atoms with E-state index in [9.17, 15) is 4.79 Å². The van der Waals surface area contributed by atoms with E-state index in [2.05, 4.69) is 16.9 Å². The van der Waals surface area contributed by atoms with E-state index in [1.54, 1.807) is 12.1 Å². The zero-order chi connectivity index (χ0) is 14.3. The van der Waals surface area contributed by atoms with Gasteiger partial charge in [0, 0.05) is 12.2 Å². The number of carboxylic acid groups (broad SMARTS) is 1. The van der Waals surface area contributed by atoms with Gasteiger partial charge in [0.25, 0.3) is 0 Å². The number of pyridine rings is 1. The van der Waals surface area contributed by atoms with Gasteiger partial charge in [-0.3, -0.25) is 0 Å². The van der Waals surface area contributed by atoms with Crippen LogP contribution >= 0.6 is 0 Å². The maximum Gasteiger partial charge on any atom is 0.335 e. The molecule has 5 nitrogen and oxygen atoms in total. The minimum absolute atomic E-state index is 0.178. The number of nitrogens with one attached hydrogen (secondary N) is 1. The molecule has 1 aromatic rings. The Morgan fingerprint density at radius 3 is 2.89 bits per heavy atom. The lowest BCUT2D eigenvalue weighted by Crippen LogP contribution is -2.12. The average Bonchev–Trinajstić information content (AvgIpc) is 2.38. The Balaban J connectivity index is 2.70. The summed E-state index contributed by atoms with van der Waals surface area (Å²) in [6, 6.07) is 3.13. The van der Waals surface area contributed by atoms with E-state index in [0.717, 1.165) is 5.69 Å². The summed E-state index contributed by atoms with van der Waals surface area (Å²) < 4.78 is 5.24. The van der Waals surface area contributed by atoms with Crippen LogP contribution in [0.5, 0.6) is 0 Å². The second-order valence-corrected chi connectivity index (χ2v) is 4.42. The number of carbonyl (C=O) groups is 1. The van der Waals surface area contributed by atoms with Crippen LogP contribution in [-0.2, 0) is 4.74 Å². The van der Waals surface area contributed by atoms with Crippen LogP contribution in [0, 0.1) is 0 Å². The molecule has 0 amide bonds. The van der Waals surface area contributed by atoms with Gasteiger partial charge in [0.05, 0.1) is 18.8 Å². The monoisotopic (exact) mass is 264 g/mol. The third-order valence-corrected chi connectivity index (χ3v) is 2.47. The molecule has 0 unspecified atom stereocenters. The highest BCUT2D eigenvalue weighted by Crippen LogP contribution is 2.17. The van der Waals surface area contributed by atoms with Gasteiger partial charge in [-0.05, 0) is 18.1 Å². The Morgan fingerprint density at radius 2 is 2.32 bits per heavy atom. The molecule has 0 radical (unpaired) electrons. The quantitative estimate of drug-likeness (QED) is 0.557. The van der Waals surface area contributed by atoms with Gasteiger partial charge in [0.15, 0.2) is 0 Å². The van der Waals surface area contributed by atoms with E-state index in [-0.39, 0.29) is 11.5 Å². The second kappa shape index (κ2) is 7.53. The molecule has 0 aliphatic carbocycles. The van der Waals surface area contributed by atoms with Gasteiger partial charge in [-0.2, -0.15) is 0 Å². The zero-order valence-corrected chi connectivity index (χ0v) is 11.3. The fraction of sp³-hybridized carbons (Fsp3) is 0.429. The number of anilines is 1. The van der Waals surface area contributed by atoms with Crippen molar-refractivity contribution >= 4 is 11.8 Å². The first-order chi connectivity index (χ1) is 9.04. The Labute approximate surface area is 113 Å². The van der Waals surface area contributed by atoms with Gasteiger partial charge in [-0.15, -0.1) is 6.58 Å². The molecule has 0 saturated carbocycles. The third kappa shape index (κ3) is 5.09. The van der Waals surface area contributed by atoms with E-state index in [1.165, 1.54) is 6.07 Å². The van der Waals surface area contributed by atoms with E-state index < -0.39 is 5.97 Å². The number of ether oxygens (including phenoxy) is 1. The average molecular weight is 264 g/mol. The second-order valence-electron chi connectivity index (χ2n) is 4.42. The van der Waals surface area contributed by atoms with E-state index >= 15 is 0 Å². The number of carboxylic acids is 1. The normalized spacial score (nSPS) is 10.5. The third-order valence-electron chi connectivity index (χ3n) is 2.47. The lowest BCUT2D eigenvalue weighted by molar-refractivity contribution is 0.0696. The van der Waals surface area contributed by atoms with E-state index in [1.807, 2.05) is 13.8 Å². The van der Waals surface area contributed by atoms with Crippen LogP contribution in [0.25, 0.3) is 0 Å². The van der Waals surface area contributed by atoms with Crippen LogP contribution < -0.4 is 5.32 Å². The first kappa shape index (κ1) is 15.2. The molecule has 0 saturated heterocycles. The first-order valence-electron chi connectivity index (χ1n) is 6.22. The molecule has 0 aliphatic rings. The van der Waals surface area contributed by atoms with Crippen LogP contribution in [0.15, 0.2) is 24.8 Å². The molecule has 0 aliphatic heterocycles. The molecule has 0 fully saturated rings. The predicted molar refractivity (Wildman–Crippen MR) is 74.8 cm³/mol. The first-order valence-corrected chi connectivity index (χ1v) is 6.22. The van der Waals surface area contributed by atoms with Crippen molar-refractivity contribution in [3.8, 4) is 0 Å². The maximum atomic E-state index is 11.1. The van der Waals surface area contributed by atoms with Crippen molar-refractivity contribution in [2.24, 2.45) is 0 Å². The maximum absolute atomic E-state index is 11.1. The molecule has 1 heterocycles. The van der Waals surface area contributed by atoms with E-state index in [4.69, 9.17) is 9.84 Å². The van der Waals surface area contributed by atoms with Gasteiger partial charge < -0.3 is 15.2 Å². The number of aromatic nitrogens is 1. The smallest absolute Gasteiger partial charge is 0.335 e. The Hall–Kier alpha value is -1.88. The zero-order valence-electron chi connectivity index (χ0n) is 11.3. The highest BCUT2D eigenvalue weighted by atomic mass is 16.5. The Kier molecular flexibility index (Phi) is 6.02. The number of hydrogen-bond donors (Lipinski definition) is 2. The van der Waals surface area contributed by atoms with Crippen molar-refractivity contribution in [3.05, 3.63) is 36.0 Å². The number of hydrogen-bond acceptors (Lipinski definition) is 4. The molecule has 1 aromatic heterocycles. The molecule has 19 heavy (non-hydrogen) atoms. The van der Waals surface area contributed by atoms with Crippen molar-refractivity contribution < 1.29 is 14.6 Å². The standard InChI is InChI=1S/C14H20N2O3/c1-4-6-19-7-5-15-13-9-11(14(17)18)8-12(16-13)10(2)3/h4,8-10H,1,5-7H2,2-3H3,(H,15,16)(H,17,18). The van der Waals surface area contributed by atoms with Gasteiger partial charge >= 0.3 is 5.97 Å². The van der Waals surface area contributed by atoms with Crippen molar-refractivity contribution in [2.45, 2.75) is 19.8 Å². The van der Waals surface area contributed by atoms with Gasteiger partial charge in [0.2, 0.25) is 0 Å². The van der Waals surface area contributed by atoms with Crippen LogP contribution in [0.1, 0.15) is 35.8 Å². The SMILES string of the molecule is C=CCOCCNc1cc(C(=O)O)cc(C(C)C)n1. The fourth-order valence-corrected chi connectivity index (χ4v) is 1.48. The fourth-order valence-electron chi connectivity index (χ4n) is 1.48. The van der Waals surface area contributed by atoms with E-state index in [0.29, 0.717) is 25.6 Å². The highest BCUT2D eigenvalue weighted by molar-refractivity contribution is 5.88. The summed E-state index contributed by atoms with van der Waals surface area (Å²) in [6.07, 6.45) is 1.68. The molecule has 104 valence electrons. The van der Waals surface area contributed by atoms with Crippen LogP contribution in [0.3, 0.4) is 0 Å². The molecule has 1 rings (SSSR count). The van der Waals surface area contributed by atoms with Crippen molar-refractivity contribution in [1.82, 2.24) is 4.98 Å². The minimum Gasteiger partial charge on any atom is -0.478 e. The lowest BCUT2D eigenvalue weighted by Gasteiger charge is -2.11. The molecular weight excluding hydrogens is 244 g/mol. The number of rotatable bonds is 8. The van der Waals surface area contributed by atoms with Crippen LogP contribution in [0.2, 0.25) is 0 Å². The topological polar surface area (TPSA) is 71.5 Å². The molecule has 0 bridgehead atoms. The molecular formula is C14H20N2O3. The molecule has 5 heteroatoms. The van der Waals surface area contributed by atoms with Gasteiger partial charge in [-0.1, -0.05) is 19.9 Å². The van der Waals surface area contributed by atoms with Crippen LogP contribution in [0.4, 0.5) is 5.82 Å². The number of nitrogens with zero attached hydrogens (tertiary/aromatic N) is 1. The molecule has 2 N–H and O–H groups in total. The summed E-state index contributed by atoms with van der Waals surface area (Å²) in [5, 5.41) is 12.1. The minimum atomic E-state index is -0.949. The van der Waals surface area contributed by atoms with Gasteiger partial charge in [-0.25, -0.2) is 9.78 Å². The summed E-state index contributed by atoms with van der Waals surface area (Å²) in [7, 11) is 0.